The third kappa shape index (κ3) is 2.94. The SMILES string of the molecule is COc1ccc2sc(C(=O)Nc3nc4c(C)cc(C)cc4s3)c(Cl)c2c1. The molecular weight excluding hydrogens is 388 g/mol. The number of carbonyl (C=O) groups is 1. The Labute approximate surface area is 163 Å². The number of benzene rings is 2. The minimum Gasteiger partial charge on any atom is -0.497 e. The van der Waals surface area contributed by atoms with Crippen LogP contribution in [0.3, 0.4) is 0 Å². The summed E-state index contributed by atoms with van der Waals surface area (Å²) in [6.07, 6.45) is 0. The highest BCUT2D eigenvalue weighted by molar-refractivity contribution is 7.23. The average Bonchev–Trinajstić information content (AvgIpc) is 3.15. The number of nitrogens with one attached hydrogen (secondary N) is 1. The molecule has 4 nitrogen and oxygen atoms in total. The van der Waals surface area contributed by atoms with Gasteiger partial charge in [-0.05, 0) is 49.2 Å². The topological polar surface area (TPSA) is 51.2 Å². The van der Waals surface area contributed by atoms with Crippen LogP contribution in [0.1, 0.15) is 20.8 Å². The van der Waals surface area contributed by atoms with Crippen molar-refractivity contribution in [2.75, 3.05) is 12.4 Å². The van der Waals surface area contributed by atoms with Gasteiger partial charge in [-0.3, -0.25) is 10.1 Å². The van der Waals surface area contributed by atoms with Gasteiger partial charge in [0.1, 0.15) is 10.6 Å². The minimum atomic E-state index is -0.247. The largest absolute Gasteiger partial charge is 0.497 e. The van der Waals surface area contributed by atoms with E-state index in [9.17, 15) is 4.79 Å². The smallest absolute Gasteiger partial charge is 0.269 e. The summed E-state index contributed by atoms with van der Waals surface area (Å²) in [7, 11) is 1.60. The van der Waals surface area contributed by atoms with Gasteiger partial charge in [-0.2, -0.15) is 0 Å². The first-order valence-electron chi connectivity index (χ1n) is 7.91. The zero-order valence-electron chi connectivity index (χ0n) is 14.3. The van der Waals surface area contributed by atoms with E-state index < -0.39 is 0 Å². The third-order valence-corrected chi connectivity index (χ3v) is 6.68. The molecule has 4 aromatic rings. The Hall–Kier alpha value is -2.15. The van der Waals surface area contributed by atoms with E-state index in [2.05, 4.69) is 29.4 Å². The fourth-order valence-electron chi connectivity index (χ4n) is 2.90. The third-order valence-electron chi connectivity index (χ3n) is 4.09. The Morgan fingerprint density at radius 2 is 1.96 bits per heavy atom. The van der Waals surface area contributed by atoms with E-state index in [1.165, 1.54) is 28.2 Å². The number of anilines is 1. The molecule has 0 spiro atoms. The first-order chi connectivity index (χ1) is 12.5. The predicted octanol–water partition coefficient (Wildman–Crippen LogP) is 6.04. The monoisotopic (exact) mass is 402 g/mol. The van der Waals surface area contributed by atoms with E-state index >= 15 is 0 Å². The van der Waals surface area contributed by atoms with Crippen LogP contribution in [0.5, 0.6) is 5.75 Å². The van der Waals surface area contributed by atoms with Gasteiger partial charge in [-0.15, -0.1) is 11.3 Å². The van der Waals surface area contributed by atoms with Crippen LogP contribution in [-0.2, 0) is 0 Å². The van der Waals surface area contributed by atoms with Crippen LogP contribution in [0, 0.1) is 13.8 Å². The zero-order valence-corrected chi connectivity index (χ0v) is 16.7. The summed E-state index contributed by atoms with van der Waals surface area (Å²) in [4.78, 5) is 17.8. The summed E-state index contributed by atoms with van der Waals surface area (Å²) >= 11 is 9.28. The highest BCUT2D eigenvalue weighted by Crippen LogP contribution is 2.38. The quantitative estimate of drug-likeness (QED) is 0.454. The Morgan fingerprint density at radius 1 is 1.15 bits per heavy atom. The summed E-state index contributed by atoms with van der Waals surface area (Å²) in [6, 6.07) is 9.77. The van der Waals surface area contributed by atoms with Gasteiger partial charge in [0.25, 0.3) is 5.91 Å². The van der Waals surface area contributed by atoms with Crippen molar-refractivity contribution in [3.63, 3.8) is 0 Å². The van der Waals surface area contributed by atoms with E-state index in [-0.39, 0.29) is 5.91 Å². The van der Waals surface area contributed by atoms with Gasteiger partial charge in [0, 0.05) is 10.1 Å². The lowest BCUT2D eigenvalue weighted by atomic mass is 10.1. The Balaban J connectivity index is 1.69. The fraction of sp³-hybridized carbons (Fsp3) is 0.158. The fourth-order valence-corrected chi connectivity index (χ4v) is 5.32. The maximum Gasteiger partial charge on any atom is 0.269 e. The second-order valence-electron chi connectivity index (χ2n) is 6.01. The average molecular weight is 403 g/mol. The molecule has 0 saturated heterocycles. The van der Waals surface area contributed by atoms with Crippen molar-refractivity contribution in [3.05, 3.63) is 51.4 Å². The molecule has 0 aliphatic rings. The standard InChI is InChI=1S/C19H15ClN2O2S2/c1-9-6-10(2)16-14(7-9)26-19(21-16)22-18(23)17-15(20)12-8-11(24-3)4-5-13(12)25-17/h4-8H,1-3H3,(H,21,22,23). The number of nitrogens with zero attached hydrogens (tertiary/aromatic N) is 1. The zero-order chi connectivity index (χ0) is 18.4. The molecule has 1 N–H and O–H groups in total. The molecular formula is C19H15ClN2O2S2. The molecule has 0 atom stereocenters. The van der Waals surface area contributed by atoms with Crippen LogP contribution in [-0.4, -0.2) is 18.0 Å². The van der Waals surface area contributed by atoms with Gasteiger partial charge in [-0.25, -0.2) is 4.98 Å². The summed E-state index contributed by atoms with van der Waals surface area (Å²) in [6.45, 7) is 4.08. The van der Waals surface area contributed by atoms with Crippen LogP contribution in [0.4, 0.5) is 5.13 Å². The molecule has 0 unspecified atom stereocenters. The second kappa shape index (κ2) is 6.54. The Bertz CT molecular complexity index is 1160. The van der Waals surface area contributed by atoms with E-state index in [4.69, 9.17) is 16.3 Å². The second-order valence-corrected chi connectivity index (χ2v) is 8.47. The van der Waals surface area contributed by atoms with Crippen molar-refractivity contribution >= 4 is 65.6 Å². The van der Waals surface area contributed by atoms with E-state index in [0.717, 1.165) is 25.9 Å². The normalized spacial score (nSPS) is 11.2. The molecule has 0 aliphatic heterocycles. The number of rotatable bonds is 3. The number of halogens is 1. The molecule has 1 amide bonds. The van der Waals surface area contributed by atoms with Gasteiger partial charge in [0.2, 0.25) is 0 Å². The van der Waals surface area contributed by atoms with Gasteiger partial charge in [0.05, 0.1) is 22.3 Å². The first-order valence-corrected chi connectivity index (χ1v) is 9.92. The minimum absolute atomic E-state index is 0.247. The van der Waals surface area contributed by atoms with Gasteiger partial charge in [0.15, 0.2) is 5.13 Å². The van der Waals surface area contributed by atoms with Crippen molar-refractivity contribution < 1.29 is 9.53 Å². The lowest BCUT2D eigenvalue weighted by Gasteiger charge is -1.99. The summed E-state index contributed by atoms with van der Waals surface area (Å²) in [5.74, 6) is 0.463. The number of aromatic nitrogens is 1. The number of amides is 1. The molecule has 2 heterocycles. The van der Waals surface area contributed by atoms with Crippen LogP contribution in [0.25, 0.3) is 20.3 Å². The first kappa shape index (κ1) is 17.3. The highest BCUT2D eigenvalue weighted by Gasteiger charge is 2.19. The molecule has 4 rings (SSSR count). The lowest BCUT2D eigenvalue weighted by molar-refractivity contribution is 0.103. The maximum atomic E-state index is 12.7. The van der Waals surface area contributed by atoms with E-state index in [1.807, 2.05) is 25.1 Å². The number of methoxy groups -OCH3 is 1. The Morgan fingerprint density at radius 3 is 2.73 bits per heavy atom. The van der Waals surface area contributed by atoms with Crippen molar-refractivity contribution in [2.45, 2.75) is 13.8 Å². The van der Waals surface area contributed by atoms with Crippen molar-refractivity contribution in [3.8, 4) is 5.75 Å². The van der Waals surface area contributed by atoms with E-state index in [0.29, 0.717) is 20.8 Å². The molecule has 0 radical (unpaired) electrons. The number of thiophene rings is 1. The summed E-state index contributed by atoms with van der Waals surface area (Å²) in [5.41, 5.74) is 3.20. The molecule has 0 aliphatic carbocycles. The van der Waals surface area contributed by atoms with Gasteiger partial charge >= 0.3 is 0 Å². The number of hydrogen-bond donors (Lipinski definition) is 1. The Kier molecular flexibility index (Phi) is 4.34. The van der Waals surface area contributed by atoms with Gasteiger partial charge in [-0.1, -0.05) is 29.0 Å². The lowest BCUT2D eigenvalue weighted by Crippen LogP contribution is -2.10. The molecule has 7 heteroatoms. The number of carbonyl (C=O) groups excluding carboxylic acids is 1. The molecule has 0 bridgehead atoms. The number of hydrogen-bond acceptors (Lipinski definition) is 5. The number of ether oxygens (including phenoxy) is 1. The number of fused-ring (bicyclic) bond motifs is 2. The summed E-state index contributed by atoms with van der Waals surface area (Å²) in [5, 5.41) is 4.72. The molecule has 0 fully saturated rings. The van der Waals surface area contributed by atoms with Crippen LogP contribution < -0.4 is 10.1 Å². The van der Waals surface area contributed by atoms with Gasteiger partial charge < -0.3 is 4.74 Å². The molecule has 2 aromatic carbocycles. The van der Waals surface area contributed by atoms with Crippen molar-refractivity contribution in [1.29, 1.82) is 0 Å². The number of thiazole rings is 1. The molecule has 2 aromatic heterocycles. The summed E-state index contributed by atoms with van der Waals surface area (Å²) < 4.78 is 7.24. The van der Waals surface area contributed by atoms with Crippen LogP contribution >= 0.6 is 34.3 Å². The number of aryl methyl sites for hydroxylation is 2. The predicted molar refractivity (Wildman–Crippen MR) is 110 cm³/mol. The molecule has 0 saturated carbocycles. The van der Waals surface area contributed by atoms with Crippen LogP contribution in [0.2, 0.25) is 5.02 Å². The van der Waals surface area contributed by atoms with E-state index in [1.54, 1.807) is 7.11 Å². The molecule has 132 valence electrons. The maximum absolute atomic E-state index is 12.7. The van der Waals surface area contributed by atoms with Crippen molar-refractivity contribution in [2.24, 2.45) is 0 Å². The van der Waals surface area contributed by atoms with Crippen molar-refractivity contribution in [1.82, 2.24) is 4.98 Å². The molecule has 26 heavy (non-hydrogen) atoms. The van der Waals surface area contributed by atoms with Crippen LogP contribution in [0.15, 0.2) is 30.3 Å². The highest BCUT2D eigenvalue weighted by atomic mass is 35.5.